The van der Waals surface area contributed by atoms with E-state index in [1.807, 2.05) is 22.9 Å². The lowest BCUT2D eigenvalue weighted by molar-refractivity contribution is 0.171. The molecule has 0 aliphatic rings. The van der Waals surface area contributed by atoms with E-state index in [9.17, 15) is 9.90 Å². The van der Waals surface area contributed by atoms with Crippen LogP contribution in [0, 0.1) is 6.92 Å². The highest BCUT2D eigenvalue weighted by Crippen LogP contribution is 2.17. The topological polar surface area (TPSA) is 88.2 Å². The minimum Gasteiger partial charge on any atom is -0.452 e. The number of amides is 1. The number of ether oxygens (including phenoxy) is 1. The Bertz CT molecular complexity index is 607. The number of aryl methyl sites for hydroxylation is 1. The van der Waals surface area contributed by atoms with Crippen molar-refractivity contribution in [2.75, 3.05) is 13.7 Å². The van der Waals surface area contributed by atoms with Gasteiger partial charge in [0.25, 0.3) is 0 Å². The summed E-state index contributed by atoms with van der Waals surface area (Å²) in [6.45, 7) is 1.51. The first kappa shape index (κ1) is 15.4. The van der Waals surface area contributed by atoms with Gasteiger partial charge in [0.15, 0.2) is 4.96 Å². The summed E-state index contributed by atoms with van der Waals surface area (Å²) in [6.07, 6.45) is 1.14. The maximum Gasteiger partial charge on any atom is 0.427 e. The van der Waals surface area contributed by atoms with Crippen LogP contribution in [0.5, 0.6) is 0 Å². The lowest BCUT2D eigenvalue weighted by Crippen LogP contribution is -2.22. The van der Waals surface area contributed by atoms with Crippen LogP contribution in [0.2, 0.25) is 0 Å². The van der Waals surface area contributed by atoms with Gasteiger partial charge in [0.2, 0.25) is 0 Å². The maximum absolute atomic E-state index is 11.0. The second-order valence-corrected chi connectivity index (χ2v) is 4.29. The van der Waals surface area contributed by atoms with Crippen LogP contribution in [-0.4, -0.2) is 40.0 Å². The number of aliphatic hydroxyl groups excluding tert-OH is 1. The molecule has 0 unspecified atom stereocenters. The van der Waals surface area contributed by atoms with Gasteiger partial charge in [-0.2, -0.15) is 5.10 Å². The summed E-state index contributed by atoms with van der Waals surface area (Å²) < 4.78 is 6.22. The molecule has 1 amide bonds. The minimum absolute atomic E-state index is 0. The molecule has 0 aromatic carbocycles. The zero-order chi connectivity index (χ0) is 13.1. The Kier molecular flexibility index (Phi) is 5.28. The summed E-state index contributed by atoms with van der Waals surface area (Å²) in [4.78, 5) is 16.1. The van der Waals surface area contributed by atoms with Crippen molar-refractivity contribution in [3.05, 3.63) is 23.0 Å². The molecule has 0 saturated carbocycles. The van der Waals surface area contributed by atoms with Crippen LogP contribution in [0.4, 0.5) is 4.79 Å². The number of methoxy groups -OCH3 is 1. The molecular formula is C10H13ClN4O3S. The largest absolute Gasteiger partial charge is 0.452 e. The van der Waals surface area contributed by atoms with Crippen molar-refractivity contribution in [2.45, 2.75) is 6.92 Å². The number of imidazole rings is 1. The molecule has 2 rings (SSSR count). The van der Waals surface area contributed by atoms with Crippen LogP contribution in [0.25, 0.3) is 4.96 Å². The van der Waals surface area contributed by atoms with Crippen molar-refractivity contribution in [3.8, 4) is 0 Å². The Hall–Kier alpha value is -1.64. The summed E-state index contributed by atoms with van der Waals surface area (Å²) in [6, 6.07) is 0. The van der Waals surface area contributed by atoms with Crippen LogP contribution < -0.4 is 5.43 Å². The maximum atomic E-state index is 11.0. The zero-order valence-corrected chi connectivity index (χ0v) is 11.9. The predicted molar refractivity (Wildman–Crippen MR) is 74.2 cm³/mol. The molecule has 0 aliphatic carbocycles. The number of halogens is 1. The number of hydrogen-bond acceptors (Lipinski definition) is 6. The molecule has 2 heterocycles. The molecular weight excluding hydrogens is 292 g/mol. The van der Waals surface area contributed by atoms with Gasteiger partial charge in [0.1, 0.15) is 5.71 Å². The second-order valence-electron chi connectivity index (χ2n) is 3.42. The first-order valence-corrected chi connectivity index (χ1v) is 5.99. The van der Waals surface area contributed by atoms with Crippen molar-refractivity contribution < 1.29 is 14.6 Å². The molecule has 9 heteroatoms. The predicted octanol–water partition coefficient (Wildman–Crippen LogP) is 1.18. The van der Waals surface area contributed by atoms with E-state index in [-0.39, 0.29) is 19.0 Å². The average molecular weight is 305 g/mol. The SMILES string of the molecule is COC(=O)NN=C(CO)c1c(C)nc2sccn12.Cl. The van der Waals surface area contributed by atoms with Gasteiger partial charge in [0, 0.05) is 11.6 Å². The standard InChI is InChI=1S/C10H12N4O3S.ClH/c1-6-8(14-3-4-18-9(14)11-6)7(5-15)12-13-10(16)17-2;/h3-4,15H,5H2,1-2H3,(H,13,16);1H. The van der Waals surface area contributed by atoms with E-state index < -0.39 is 6.09 Å². The Balaban J connectivity index is 0.00000180. The first-order chi connectivity index (χ1) is 8.67. The molecule has 19 heavy (non-hydrogen) atoms. The molecule has 0 atom stereocenters. The van der Waals surface area contributed by atoms with Crippen molar-refractivity contribution in [3.63, 3.8) is 0 Å². The van der Waals surface area contributed by atoms with Crippen LogP contribution in [0.15, 0.2) is 16.7 Å². The average Bonchev–Trinajstić information content (AvgIpc) is 2.91. The number of hydrogen-bond donors (Lipinski definition) is 2. The third-order valence-corrected chi connectivity index (χ3v) is 3.08. The van der Waals surface area contributed by atoms with Crippen molar-refractivity contribution in [1.29, 1.82) is 0 Å². The first-order valence-electron chi connectivity index (χ1n) is 5.11. The van der Waals surface area contributed by atoms with Gasteiger partial charge < -0.3 is 9.84 Å². The van der Waals surface area contributed by atoms with Crippen molar-refractivity contribution in [1.82, 2.24) is 14.8 Å². The molecule has 2 aromatic heterocycles. The fourth-order valence-corrected chi connectivity index (χ4v) is 2.32. The number of rotatable bonds is 3. The van der Waals surface area contributed by atoms with Crippen LogP contribution >= 0.6 is 23.7 Å². The number of thiazole rings is 1. The van der Waals surface area contributed by atoms with Gasteiger partial charge in [-0.1, -0.05) is 0 Å². The number of carbonyl (C=O) groups excluding carboxylic acids is 1. The van der Waals surface area contributed by atoms with Crippen LogP contribution in [0.3, 0.4) is 0 Å². The normalized spacial score (nSPS) is 11.2. The van der Waals surface area contributed by atoms with E-state index in [1.165, 1.54) is 18.4 Å². The summed E-state index contributed by atoms with van der Waals surface area (Å²) in [5.41, 5.74) is 3.92. The highest BCUT2D eigenvalue weighted by molar-refractivity contribution is 7.15. The monoisotopic (exact) mass is 304 g/mol. The smallest absolute Gasteiger partial charge is 0.427 e. The Morgan fingerprint density at radius 2 is 2.42 bits per heavy atom. The van der Waals surface area contributed by atoms with Crippen molar-refractivity contribution in [2.24, 2.45) is 5.10 Å². The molecule has 0 spiro atoms. The van der Waals surface area contributed by atoms with E-state index in [2.05, 4.69) is 20.2 Å². The molecule has 0 saturated heterocycles. The van der Waals surface area contributed by atoms with E-state index in [0.717, 1.165) is 10.7 Å². The highest BCUT2D eigenvalue weighted by atomic mass is 35.5. The summed E-state index contributed by atoms with van der Waals surface area (Å²) in [5.74, 6) is 0. The molecule has 2 N–H and O–H groups in total. The van der Waals surface area contributed by atoms with Crippen molar-refractivity contribution >= 4 is 40.5 Å². The zero-order valence-electron chi connectivity index (χ0n) is 10.3. The van der Waals surface area contributed by atoms with E-state index >= 15 is 0 Å². The number of aliphatic hydroxyl groups is 1. The van der Waals surface area contributed by atoms with Gasteiger partial charge in [0.05, 0.1) is 25.1 Å². The number of nitrogens with one attached hydrogen (secondary N) is 1. The number of hydrazone groups is 1. The third kappa shape index (κ3) is 3.03. The lowest BCUT2D eigenvalue weighted by Gasteiger charge is -2.04. The van der Waals surface area contributed by atoms with Gasteiger partial charge >= 0.3 is 6.09 Å². The van der Waals surface area contributed by atoms with Crippen LogP contribution in [-0.2, 0) is 4.74 Å². The summed E-state index contributed by atoms with van der Waals surface area (Å²) >= 11 is 1.48. The van der Waals surface area contributed by atoms with E-state index in [1.54, 1.807) is 0 Å². The van der Waals surface area contributed by atoms with Gasteiger partial charge in [-0.15, -0.1) is 23.7 Å². The minimum atomic E-state index is -0.690. The molecule has 0 bridgehead atoms. The number of nitrogens with zero attached hydrogens (tertiary/aromatic N) is 3. The van der Waals surface area contributed by atoms with E-state index in [4.69, 9.17) is 0 Å². The Morgan fingerprint density at radius 1 is 1.68 bits per heavy atom. The lowest BCUT2D eigenvalue weighted by atomic mass is 10.2. The fraction of sp³-hybridized carbons (Fsp3) is 0.300. The Morgan fingerprint density at radius 3 is 3.05 bits per heavy atom. The quantitative estimate of drug-likeness (QED) is 0.658. The van der Waals surface area contributed by atoms with Gasteiger partial charge in [-0.3, -0.25) is 4.40 Å². The van der Waals surface area contributed by atoms with E-state index in [0.29, 0.717) is 11.4 Å². The fourth-order valence-electron chi connectivity index (χ4n) is 1.56. The summed E-state index contributed by atoms with van der Waals surface area (Å²) in [5, 5.41) is 15.1. The molecule has 2 aromatic rings. The third-order valence-electron chi connectivity index (χ3n) is 2.33. The number of aromatic nitrogens is 2. The molecule has 104 valence electrons. The molecule has 0 radical (unpaired) electrons. The van der Waals surface area contributed by atoms with Crippen LogP contribution in [0.1, 0.15) is 11.4 Å². The number of carbonyl (C=O) groups is 1. The number of fused-ring (bicyclic) bond motifs is 1. The molecule has 0 aliphatic heterocycles. The summed E-state index contributed by atoms with van der Waals surface area (Å²) in [7, 11) is 1.24. The highest BCUT2D eigenvalue weighted by Gasteiger charge is 2.15. The van der Waals surface area contributed by atoms with Gasteiger partial charge in [-0.25, -0.2) is 15.2 Å². The molecule has 0 fully saturated rings. The van der Waals surface area contributed by atoms with Gasteiger partial charge in [-0.05, 0) is 6.92 Å². The Labute approximate surface area is 119 Å². The second kappa shape index (κ2) is 6.50. The molecule has 7 nitrogen and oxygen atoms in total.